The molecule has 1 aliphatic rings. The van der Waals surface area contributed by atoms with E-state index < -0.39 is 5.30 Å². The number of hydrogen-bond acceptors (Lipinski definition) is 3. The lowest BCUT2D eigenvalue weighted by molar-refractivity contribution is 0.222. The molecule has 3 nitrogen and oxygen atoms in total. The molecule has 0 atom stereocenters. The molecule has 0 saturated heterocycles. The average molecular weight is 338 g/mol. The summed E-state index contributed by atoms with van der Waals surface area (Å²) < 4.78 is 0. The third kappa shape index (κ3) is 11.2. The molecule has 0 spiro atoms. The van der Waals surface area contributed by atoms with E-state index in [0.717, 1.165) is 29.7 Å². The molecule has 0 bridgehead atoms. The summed E-state index contributed by atoms with van der Waals surface area (Å²) >= 11 is 0.922. The Morgan fingerprint density at radius 3 is 2.52 bits per heavy atom. The number of carbonyl (C=O) groups is 1. The van der Waals surface area contributed by atoms with Crippen molar-refractivity contribution in [3.63, 3.8) is 0 Å². The highest BCUT2D eigenvalue weighted by Gasteiger charge is 2.11. The van der Waals surface area contributed by atoms with Crippen molar-refractivity contribution in [3.05, 3.63) is 30.1 Å². The first-order valence-corrected chi connectivity index (χ1v) is 9.95. The zero-order valence-corrected chi connectivity index (χ0v) is 15.2. The minimum Gasteiger partial charge on any atom is -0.473 e. The van der Waals surface area contributed by atoms with Gasteiger partial charge >= 0.3 is 5.30 Å². The van der Waals surface area contributed by atoms with Crippen molar-refractivity contribution in [1.29, 1.82) is 0 Å². The molecule has 1 heterocycles. The van der Waals surface area contributed by atoms with Gasteiger partial charge in [0.15, 0.2) is 0 Å². The molecule has 0 aliphatic heterocycles. The van der Waals surface area contributed by atoms with Crippen LogP contribution in [0.25, 0.3) is 0 Å². The van der Waals surface area contributed by atoms with Crippen LogP contribution in [0.5, 0.6) is 0 Å². The summed E-state index contributed by atoms with van der Waals surface area (Å²) in [6.07, 6.45) is 17.6. The largest absolute Gasteiger partial charge is 0.473 e. The minimum absolute atomic E-state index is 0.610. The Labute approximate surface area is 145 Å². The molecule has 1 N–H and O–H groups in total. The highest BCUT2D eigenvalue weighted by Crippen LogP contribution is 2.27. The Bertz CT molecular complexity index is 405. The van der Waals surface area contributed by atoms with Gasteiger partial charge in [-0.1, -0.05) is 64.7 Å². The van der Waals surface area contributed by atoms with Crippen molar-refractivity contribution in [2.24, 2.45) is 5.92 Å². The van der Waals surface area contributed by atoms with E-state index in [2.05, 4.69) is 11.9 Å². The van der Waals surface area contributed by atoms with Gasteiger partial charge < -0.3 is 5.11 Å². The summed E-state index contributed by atoms with van der Waals surface area (Å²) in [6.45, 7) is 2.29. The quantitative estimate of drug-likeness (QED) is 0.603. The molecule has 1 fully saturated rings. The molecular weight excluding hydrogens is 306 g/mol. The second-order valence-corrected chi connectivity index (χ2v) is 7.27. The monoisotopic (exact) mass is 337 g/mol. The van der Waals surface area contributed by atoms with Gasteiger partial charge in [0.05, 0.1) is 0 Å². The minimum atomic E-state index is -0.816. The summed E-state index contributed by atoms with van der Waals surface area (Å²) in [6, 6.07) is 3.78. The van der Waals surface area contributed by atoms with E-state index in [4.69, 9.17) is 5.11 Å². The van der Waals surface area contributed by atoms with Crippen molar-refractivity contribution < 1.29 is 9.90 Å². The van der Waals surface area contributed by atoms with Crippen LogP contribution in [0, 0.1) is 5.92 Å². The predicted octanol–water partition coefficient (Wildman–Crippen LogP) is 6.18. The molecule has 4 heteroatoms. The van der Waals surface area contributed by atoms with Gasteiger partial charge in [0, 0.05) is 18.1 Å². The van der Waals surface area contributed by atoms with Crippen molar-refractivity contribution in [1.82, 2.24) is 4.98 Å². The van der Waals surface area contributed by atoms with E-state index in [0.29, 0.717) is 5.75 Å². The molecule has 0 aromatic carbocycles. The molecule has 1 aliphatic carbocycles. The molecule has 1 saturated carbocycles. The van der Waals surface area contributed by atoms with E-state index in [1.807, 2.05) is 12.1 Å². The molecule has 23 heavy (non-hydrogen) atoms. The summed E-state index contributed by atoms with van der Waals surface area (Å²) in [5.41, 5.74) is 1.12. The fourth-order valence-corrected chi connectivity index (χ4v) is 3.48. The van der Waals surface area contributed by atoms with Crippen LogP contribution >= 0.6 is 11.8 Å². The van der Waals surface area contributed by atoms with Gasteiger partial charge in [-0.25, -0.2) is 4.79 Å². The van der Waals surface area contributed by atoms with Gasteiger partial charge in [-0.3, -0.25) is 4.98 Å². The topological polar surface area (TPSA) is 50.2 Å². The van der Waals surface area contributed by atoms with Crippen LogP contribution in [0.3, 0.4) is 0 Å². The number of unbranched alkanes of at least 4 members (excludes halogenated alkanes) is 2. The number of aryl methyl sites for hydroxylation is 1. The highest BCUT2D eigenvalue weighted by molar-refractivity contribution is 8.13. The summed E-state index contributed by atoms with van der Waals surface area (Å²) in [5, 5.41) is 7.53. The summed E-state index contributed by atoms with van der Waals surface area (Å²) in [7, 11) is 0. The van der Waals surface area contributed by atoms with E-state index in [9.17, 15) is 4.79 Å². The maximum absolute atomic E-state index is 10.1. The Hall–Kier alpha value is -1.03. The van der Waals surface area contributed by atoms with Gasteiger partial charge in [-0.05, 0) is 41.8 Å². The number of aromatic nitrogens is 1. The van der Waals surface area contributed by atoms with Crippen LogP contribution in [-0.4, -0.2) is 21.1 Å². The van der Waals surface area contributed by atoms with Gasteiger partial charge in [0.1, 0.15) is 0 Å². The Balaban J connectivity index is 0.000000231. The third-order valence-electron chi connectivity index (χ3n) is 4.31. The summed E-state index contributed by atoms with van der Waals surface area (Å²) in [4.78, 5) is 14.0. The van der Waals surface area contributed by atoms with Crippen molar-refractivity contribution in [2.45, 2.75) is 71.1 Å². The highest BCUT2D eigenvalue weighted by atomic mass is 32.2. The maximum Gasteiger partial charge on any atom is 0.364 e. The molecule has 0 radical (unpaired) electrons. The maximum atomic E-state index is 10.1. The van der Waals surface area contributed by atoms with Crippen LogP contribution in [0.2, 0.25) is 0 Å². The summed E-state index contributed by atoms with van der Waals surface area (Å²) in [5.74, 6) is 1.72. The first-order valence-electron chi connectivity index (χ1n) is 8.97. The first kappa shape index (κ1) is 20.0. The Morgan fingerprint density at radius 2 is 1.91 bits per heavy atom. The Morgan fingerprint density at radius 1 is 1.22 bits per heavy atom. The van der Waals surface area contributed by atoms with Crippen LogP contribution in [0.15, 0.2) is 24.5 Å². The van der Waals surface area contributed by atoms with Crippen molar-refractivity contribution in [2.75, 3.05) is 5.75 Å². The average Bonchev–Trinajstić information content (AvgIpc) is 2.57. The lowest BCUT2D eigenvalue weighted by atomic mass is 9.86. The molecule has 0 unspecified atom stereocenters. The van der Waals surface area contributed by atoms with E-state index >= 15 is 0 Å². The zero-order valence-electron chi connectivity index (χ0n) is 14.4. The lowest BCUT2D eigenvalue weighted by Crippen LogP contribution is -2.05. The van der Waals surface area contributed by atoms with Gasteiger partial charge in [-0.15, -0.1) is 0 Å². The van der Waals surface area contributed by atoms with Crippen LogP contribution in [-0.2, 0) is 6.42 Å². The number of nitrogens with zero attached hydrogens (tertiary/aromatic N) is 1. The second-order valence-electron chi connectivity index (χ2n) is 6.22. The third-order valence-corrected chi connectivity index (χ3v) is 4.96. The molecular formula is C19H31NO2S. The van der Waals surface area contributed by atoms with Crippen LogP contribution < -0.4 is 0 Å². The standard InChI is InChI=1S/C11H22.C8H9NO2S/c1-2-3-5-8-11-9-6-4-7-10-11;10-8(11)12-6-3-7-1-4-9-5-2-7/h11H,2-10H2,1H3;1-2,4-5H,3,6H2,(H,10,11). The zero-order chi connectivity index (χ0) is 16.8. The van der Waals surface area contributed by atoms with E-state index in [1.54, 1.807) is 12.4 Å². The fourth-order valence-electron chi connectivity index (χ4n) is 2.96. The van der Waals surface area contributed by atoms with Crippen molar-refractivity contribution >= 4 is 17.1 Å². The molecule has 1 aromatic rings. The van der Waals surface area contributed by atoms with Crippen LogP contribution in [0.4, 0.5) is 4.79 Å². The van der Waals surface area contributed by atoms with E-state index in [1.165, 1.54) is 57.8 Å². The van der Waals surface area contributed by atoms with Gasteiger partial charge in [0.2, 0.25) is 0 Å². The molecule has 0 amide bonds. The smallest absolute Gasteiger partial charge is 0.364 e. The fraction of sp³-hybridized carbons (Fsp3) is 0.684. The number of rotatable bonds is 7. The number of pyridine rings is 1. The first-order chi connectivity index (χ1) is 11.2. The van der Waals surface area contributed by atoms with Gasteiger partial charge in [-0.2, -0.15) is 0 Å². The predicted molar refractivity (Wildman–Crippen MR) is 99.1 cm³/mol. The van der Waals surface area contributed by atoms with E-state index in [-0.39, 0.29) is 0 Å². The number of thioether (sulfide) groups is 1. The second kappa shape index (κ2) is 13.4. The number of carboxylic acid groups (broad SMARTS) is 1. The Kier molecular flexibility index (Phi) is 11.7. The number of hydrogen-bond donors (Lipinski definition) is 1. The molecule has 2 rings (SSSR count). The van der Waals surface area contributed by atoms with Crippen LogP contribution in [0.1, 0.15) is 70.3 Å². The normalized spacial score (nSPS) is 14.8. The molecule has 130 valence electrons. The van der Waals surface area contributed by atoms with Gasteiger partial charge in [0.25, 0.3) is 0 Å². The SMILES string of the molecule is CCCCCC1CCCCC1.O=C(O)SCCc1ccncc1. The van der Waals surface area contributed by atoms with Crippen molar-refractivity contribution in [3.8, 4) is 0 Å². The lowest BCUT2D eigenvalue weighted by Gasteiger charge is -2.20. The molecule has 1 aromatic heterocycles.